The molecule has 1 aromatic carbocycles. The van der Waals surface area contributed by atoms with Crippen LogP contribution in [0.25, 0.3) is 0 Å². The van der Waals surface area contributed by atoms with E-state index >= 15 is 0 Å². The Morgan fingerprint density at radius 3 is 2.71 bits per heavy atom. The fraction of sp³-hybridized carbons (Fsp3) is 0.389. The Hall–Kier alpha value is -2.47. The van der Waals surface area contributed by atoms with Gasteiger partial charge in [0.05, 0.1) is 0 Å². The van der Waals surface area contributed by atoms with Crippen LogP contribution in [0.5, 0.6) is 0 Å². The summed E-state index contributed by atoms with van der Waals surface area (Å²) in [6, 6.07) is 11.9. The largest absolute Gasteiger partial charge is 0.385 e. The molecular formula is C18H24N4O2. The van der Waals surface area contributed by atoms with Crippen molar-refractivity contribution >= 4 is 11.7 Å². The molecule has 2 aromatic rings. The smallest absolute Gasteiger partial charge is 0.270 e. The SMILES string of the molecule is COCCCNC(=O)c1cc(NCCc2ccccc2)nc(C)n1. The normalized spacial score (nSPS) is 10.4. The van der Waals surface area contributed by atoms with E-state index in [9.17, 15) is 4.79 Å². The van der Waals surface area contributed by atoms with E-state index < -0.39 is 0 Å². The lowest BCUT2D eigenvalue weighted by atomic mass is 10.1. The minimum absolute atomic E-state index is 0.192. The first-order chi connectivity index (χ1) is 11.7. The van der Waals surface area contributed by atoms with Crippen molar-refractivity contribution in [3.05, 3.63) is 53.5 Å². The predicted octanol–water partition coefficient (Wildman–Crippen LogP) is 2.21. The molecule has 24 heavy (non-hydrogen) atoms. The van der Waals surface area contributed by atoms with Gasteiger partial charge in [0.15, 0.2) is 0 Å². The average Bonchev–Trinajstić information content (AvgIpc) is 2.59. The van der Waals surface area contributed by atoms with Gasteiger partial charge in [-0.25, -0.2) is 9.97 Å². The molecule has 1 aromatic heterocycles. The second kappa shape index (κ2) is 9.62. The highest BCUT2D eigenvalue weighted by molar-refractivity contribution is 5.92. The maximum Gasteiger partial charge on any atom is 0.270 e. The van der Waals surface area contributed by atoms with E-state index in [0.717, 1.165) is 19.4 Å². The Labute approximate surface area is 142 Å². The van der Waals surface area contributed by atoms with E-state index in [1.54, 1.807) is 20.1 Å². The number of rotatable bonds is 9. The predicted molar refractivity (Wildman–Crippen MR) is 94.2 cm³/mol. The van der Waals surface area contributed by atoms with Crippen LogP contribution in [0.1, 0.15) is 28.3 Å². The first-order valence-electron chi connectivity index (χ1n) is 8.09. The van der Waals surface area contributed by atoms with Crippen LogP contribution in [-0.4, -0.2) is 42.7 Å². The molecular weight excluding hydrogens is 304 g/mol. The van der Waals surface area contributed by atoms with Gasteiger partial charge in [-0.15, -0.1) is 0 Å². The van der Waals surface area contributed by atoms with Crippen molar-refractivity contribution < 1.29 is 9.53 Å². The van der Waals surface area contributed by atoms with Crippen LogP contribution >= 0.6 is 0 Å². The third kappa shape index (κ3) is 5.96. The number of hydrogen-bond acceptors (Lipinski definition) is 5. The van der Waals surface area contributed by atoms with Crippen LogP contribution in [0.3, 0.4) is 0 Å². The first-order valence-corrected chi connectivity index (χ1v) is 8.09. The number of nitrogens with zero attached hydrogens (tertiary/aromatic N) is 2. The van der Waals surface area contributed by atoms with E-state index in [1.807, 2.05) is 18.2 Å². The van der Waals surface area contributed by atoms with Crippen LogP contribution < -0.4 is 10.6 Å². The maximum atomic E-state index is 12.1. The number of nitrogens with one attached hydrogen (secondary N) is 2. The molecule has 0 spiro atoms. The highest BCUT2D eigenvalue weighted by Gasteiger charge is 2.10. The minimum Gasteiger partial charge on any atom is -0.385 e. The van der Waals surface area contributed by atoms with Crippen molar-refractivity contribution in [1.82, 2.24) is 15.3 Å². The van der Waals surface area contributed by atoms with Gasteiger partial charge in [-0.3, -0.25) is 4.79 Å². The van der Waals surface area contributed by atoms with Gasteiger partial charge in [-0.2, -0.15) is 0 Å². The molecule has 0 unspecified atom stereocenters. The minimum atomic E-state index is -0.192. The molecule has 1 heterocycles. The molecule has 0 fully saturated rings. The molecule has 0 atom stereocenters. The Kier molecular flexibility index (Phi) is 7.17. The highest BCUT2D eigenvalue weighted by Crippen LogP contribution is 2.08. The van der Waals surface area contributed by atoms with E-state index in [2.05, 4.69) is 32.7 Å². The lowest BCUT2D eigenvalue weighted by Gasteiger charge is -2.09. The van der Waals surface area contributed by atoms with Crippen LogP contribution in [0, 0.1) is 6.92 Å². The standard InChI is InChI=1S/C18H24N4O2/c1-14-21-16(18(23)20-10-6-12-24-2)13-17(22-14)19-11-9-15-7-4-3-5-8-15/h3-5,7-8,13H,6,9-12H2,1-2H3,(H,20,23)(H,19,21,22). The number of hydrogen-bond donors (Lipinski definition) is 2. The first kappa shape index (κ1) is 17.9. The molecule has 0 bridgehead atoms. The summed E-state index contributed by atoms with van der Waals surface area (Å²) in [4.78, 5) is 20.7. The second-order valence-electron chi connectivity index (χ2n) is 5.45. The highest BCUT2D eigenvalue weighted by atomic mass is 16.5. The molecule has 1 amide bonds. The van der Waals surface area contributed by atoms with E-state index in [0.29, 0.717) is 30.5 Å². The molecule has 0 saturated heterocycles. The van der Waals surface area contributed by atoms with Gasteiger partial charge >= 0.3 is 0 Å². The lowest BCUT2D eigenvalue weighted by Crippen LogP contribution is -2.26. The lowest BCUT2D eigenvalue weighted by molar-refractivity contribution is 0.0943. The molecule has 0 aliphatic heterocycles. The van der Waals surface area contributed by atoms with Crippen molar-refractivity contribution in [3.8, 4) is 0 Å². The summed E-state index contributed by atoms with van der Waals surface area (Å²) in [5.74, 6) is 1.05. The Balaban J connectivity index is 1.89. The molecule has 0 aliphatic carbocycles. The van der Waals surface area contributed by atoms with Crippen LogP contribution in [0.4, 0.5) is 5.82 Å². The van der Waals surface area contributed by atoms with Crippen molar-refractivity contribution in [1.29, 1.82) is 0 Å². The third-order valence-electron chi connectivity index (χ3n) is 3.44. The molecule has 6 heteroatoms. The van der Waals surface area contributed by atoms with Gasteiger partial charge < -0.3 is 15.4 Å². The van der Waals surface area contributed by atoms with Crippen molar-refractivity contribution in [2.24, 2.45) is 0 Å². The summed E-state index contributed by atoms with van der Waals surface area (Å²) in [5, 5.41) is 6.09. The number of carbonyl (C=O) groups is 1. The van der Waals surface area contributed by atoms with Crippen molar-refractivity contribution in [2.45, 2.75) is 19.8 Å². The summed E-state index contributed by atoms with van der Waals surface area (Å²) in [7, 11) is 1.64. The van der Waals surface area contributed by atoms with Crippen LogP contribution in [-0.2, 0) is 11.2 Å². The number of benzene rings is 1. The maximum absolute atomic E-state index is 12.1. The number of aromatic nitrogens is 2. The molecule has 0 radical (unpaired) electrons. The number of aryl methyl sites for hydroxylation is 1. The van der Waals surface area contributed by atoms with E-state index in [1.165, 1.54) is 5.56 Å². The number of amides is 1. The van der Waals surface area contributed by atoms with Gasteiger partial charge in [-0.1, -0.05) is 30.3 Å². The molecule has 0 aliphatic rings. The Morgan fingerprint density at radius 1 is 1.17 bits per heavy atom. The fourth-order valence-corrected chi connectivity index (χ4v) is 2.26. The molecule has 128 valence electrons. The topological polar surface area (TPSA) is 76.1 Å². The molecule has 0 saturated carbocycles. The second-order valence-corrected chi connectivity index (χ2v) is 5.45. The monoisotopic (exact) mass is 328 g/mol. The van der Waals surface area contributed by atoms with Gasteiger partial charge in [0, 0.05) is 32.9 Å². The summed E-state index contributed by atoms with van der Waals surface area (Å²) < 4.78 is 4.96. The molecule has 6 nitrogen and oxygen atoms in total. The third-order valence-corrected chi connectivity index (χ3v) is 3.44. The summed E-state index contributed by atoms with van der Waals surface area (Å²) in [6.07, 6.45) is 1.66. The Bertz CT molecular complexity index is 647. The summed E-state index contributed by atoms with van der Waals surface area (Å²) >= 11 is 0. The van der Waals surface area contributed by atoms with Crippen LogP contribution in [0.2, 0.25) is 0 Å². The number of carbonyl (C=O) groups excluding carboxylic acids is 1. The zero-order valence-corrected chi connectivity index (χ0v) is 14.2. The molecule has 2 N–H and O–H groups in total. The Morgan fingerprint density at radius 2 is 1.96 bits per heavy atom. The van der Waals surface area contributed by atoms with Crippen molar-refractivity contribution in [3.63, 3.8) is 0 Å². The zero-order valence-electron chi connectivity index (χ0n) is 14.2. The quantitative estimate of drug-likeness (QED) is 0.690. The van der Waals surface area contributed by atoms with E-state index in [-0.39, 0.29) is 5.91 Å². The van der Waals surface area contributed by atoms with Crippen LogP contribution in [0.15, 0.2) is 36.4 Å². The van der Waals surface area contributed by atoms with Gasteiger partial charge in [0.25, 0.3) is 5.91 Å². The molecule has 2 rings (SSSR count). The summed E-state index contributed by atoms with van der Waals surface area (Å²) in [5.41, 5.74) is 1.63. The zero-order chi connectivity index (χ0) is 17.2. The number of ether oxygens (including phenoxy) is 1. The number of anilines is 1. The van der Waals surface area contributed by atoms with Crippen molar-refractivity contribution in [2.75, 3.05) is 32.1 Å². The average molecular weight is 328 g/mol. The fourth-order valence-electron chi connectivity index (χ4n) is 2.26. The summed E-state index contributed by atoms with van der Waals surface area (Å²) in [6.45, 7) is 3.71. The van der Waals surface area contributed by atoms with Gasteiger partial charge in [0.1, 0.15) is 17.3 Å². The number of methoxy groups -OCH3 is 1. The van der Waals surface area contributed by atoms with Gasteiger partial charge in [0.2, 0.25) is 0 Å². The van der Waals surface area contributed by atoms with E-state index in [4.69, 9.17) is 4.74 Å². The van der Waals surface area contributed by atoms with Gasteiger partial charge in [-0.05, 0) is 25.3 Å².